The van der Waals surface area contributed by atoms with E-state index in [9.17, 15) is 18.0 Å². The topological polar surface area (TPSA) is 86.6 Å². The van der Waals surface area contributed by atoms with E-state index in [1.54, 1.807) is 37.3 Å². The molecule has 4 rings (SSSR count). The summed E-state index contributed by atoms with van der Waals surface area (Å²) in [6, 6.07) is 5.34. The molecule has 192 valence electrons. The molecule has 0 aliphatic carbocycles. The molecule has 0 unspecified atom stereocenters. The molecule has 0 saturated carbocycles. The van der Waals surface area contributed by atoms with Crippen molar-refractivity contribution in [3.63, 3.8) is 0 Å². The van der Waals surface area contributed by atoms with Gasteiger partial charge in [-0.25, -0.2) is 4.68 Å². The van der Waals surface area contributed by atoms with Crippen LogP contribution in [0.3, 0.4) is 0 Å². The Balaban J connectivity index is 1.75. The fourth-order valence-corrected chi connectivity index (χ4v) is 4.36. The van der Waals surface area contributed by atoms with Gasteiger partial charge in [0.1, 0.15) is 11.4 Å². The van der Waals surface area contributed by atoms with E-state index in [1.807, 2.05) is 0 Å². The normalized spacial score (nSPS) is 17.1. The number of carbonyl (C=O) groups is 1. The Morgan fingerprint density at radius 1 is 1.17 bits per heavy atom. The summed E-state index contributed by atoms with van der Waals surface area (Å²) >= 11 is 6.13. The van der Waals surface area contributed by atoms with E-state index in [-0.39, 0.29) is 17.8 Å². The lowest BCUT2D eigenvalue weighted by Gasteiger charge is -2.34. The molecule has 0 saturated heterocycles. The number of hydrogen-bond acceptors (Lipinski definition) is 6. The summed E-state index contributed by atoms with van der Waals surface area (Å²) in [5.74, 6) is 0.227. The van der Waals surface area contributed by atoms with Gasteiger partial charge in [-0.3, -0.25) is 4.79 Å². The number of hydrogen-bond donors (Lipinski definition) is 2. The molecule has 36 heavy (non-hydrogen) atoms. The predicted molar refractivity (Wildman–Crippen MR) is 129 cm³/mol. The van der Waals surface area contributed by atoms with E-state index < -0.39 is 24.2 Å². The van der Waals surface area contributed by atoms with Crippen molar-refractivity contribution in [2.24, 2.45) is 0 Å². The van der Waals surface area contributed by atoms with E-state index in [1.165, 1.54) is 21.3 Å². The smallest absolute Gasteiger partial charge is 0.410 e. The van der Waals surface area contributed by atoms with Crippen LogP contribution in [0.4, 0.5) is 24.7 Å². The van der Waals surface area contributed by atoms with E-state index in [0.717, 1.165) is 10.9 Å². The summed E-state index contributed by atoms with van der Waals surface area (Å²) in [4.78, 5) is 13.1. The van der Waals surface area contributed by atoms with Crippen LogP contribution >= 0.6 is 11.6 Å². The minimum absolute atomic E-state index is 0.0410. The minimum Gasteiger partial charge on any atom is -0.493 e. The lowest BCUT2D eigenvalue weighted by Crippen LogP contribution is -2.36. The average molecular weight is 525 g/mol. The molecule has 1 aromatic heterocycles. The second kappa shape index (κ2) is 9.81. The Morgan fingerprint density at radius 3 is 2.42 bits per heavy atom. The predicted octanol–water partition coefficient (Wildman–Crippen LogP) is 5.78. The number of amides is 1. The Morgan fingerprint density at radius 2 is 1.83 bits per heavy atom. The first kappa shape index (κ1) is 25.5. The molecule has 0 fully saturated rings. The Bertz CT molecular complexity index is 1270. The number of fused-ring (bicyclic) bond motifs is 1. The molecule has 1 aliphatic rings. The first-order valence-electron chi connectivity index (χ1n) is 10.9. The zero-order valence-corrected chi connectivity index (χ0v) is 20.6. The van der Waals surface area contributed by atoms with Gasteiger partial charge in [0.15, 0.2) is 17.5 Å². The maximum absolute atomic E-state index is 14.1. The number of halogens is 4. The zero-order chi connectivity index (χ0) is 26.2. The Kier molecular flexibility index (Phi) is 6.94. The number of ether oxygens (including phenoxy) is 3. The number of aromatic nitrogens is 2. The molecule has 1 aliphatic heterocycles. The lowest BCUT2D eigenvalue weighted by atomic mass is 9.95. The molecule has 3 aromatic rings. The van der Waals surface area contributed by atoms with E-state index >= 15 is 0 Å². The number of rotatable bonds is 6. The average Bonchev–Trinajstić information content (AvgIpc) is 3.28. The van der Waals surface area contributed by atoms with Gasteiger partial charge in [-0.2, -0.15) is 18.3 Å². The highest BCUT2D eigenvalue weighted by atomic mass is 35.5. The SMILES string of the molecule is COc1cc([C@H]2C[C@@H](C(F)(F)F)n3ncc(C(=O)Nc4cccc(Cl)c4C)c3N2)cc(OC)c1OC. The summed E-state index contributed by atoms with van der Waals surface area (Å²) in [7, 11) is 4.27. The second-order valence-electron chi connectivity index (χ2n) is 8.17. The van der Waals surface area contributed by atoms with E-state index in [0.29, 0.717) is 39.1 Å². The van der Waals surface area contributed by atoms with Crippen molar-refractivity contribution in [3.8, 4) is 17.2 Å². The Labute approximate surface area is 210 Å². The molecule has 2 aromatic carbocycles. The van der Waals surface area contributed by atoms with Crippen LogP contribution in [0.1, 0.15) is 40.0 Å². The number of carbonyl (C=O) groups excluding carboxylic acids is 1. The maximum atomic E-state index is 14.1. The van der Waals surface area contributed by atoms with Crippen LogP contribution in [-0.2, 0) is 0 Å². The molecule has 0 radical (unpaired) electrons. The summed E-state index contributed by atoms with van der Waals surface area (Å²) < 4.78 is 59.1. The molecule has 0 bridgehead atoms. The molecule has 1 amide bonds. The van der Waals surface area contributed by atoms with E-state index in [4.69, 9.17) is 25.8 Å². The van der Waals surface area contributed by atoms with Crippen molar-refractivity contribution in [1.29, 1.82) is 0 Å². The summed E-state index contributed by atoms with van der Waals surface area (Å²) in [6.07, 6.45) is -3.86. The minimum atomic E-state index is -4.61. The van der Waals surface area contributed by atoms with Crippen molar-refractivity contribution in [3.05, 3.63) is 58.2 Å². The number of benzene rings is 2. The molecule has 2 atom stereocenters. The first-order valence-corrected chi connectivity index (χ1v) is 11.2. The monoisotopic (exact) mass is 524 g/mol. The van der Waals surface area contributed by atoms with Gasteiger partial charge in [-0.05, 0) is 42.3 Å². The van der Waals surface area contributed by atoms with Gasteiger partial charge in [0.2, 0.25) is 5.75 Å². The van der Waals surface area contributed by atoms with Crippen LogP contribution in [0.5, 0.6) is 17.2 Å². The molecule has 2 N–H and O–H groups in total. The van der Waals surface area contributed by atoms with Gasteiger partial charge < -0.3 is 24.8 Å². The lowest BCUT2D eigenvalue weighted by molar-refractivity contribution is -0.173. The fraction of sp³-hybridized carbons (Fsp3) is 0.333. The Hall–Kier alpha value is -3.60. The molecular formula is C24H24ClF3N4O4. The van der Waals surface area contributed by atoms with Gasteiger partial charge in [-0.1, -0.05) is 17.7 Å². The highest BCUT2D eigenvalue weighted by Crippen LogP contribution is 2.47. The molecule has 12 heteroatoms. The number of nitrogens with zero attached hydrogens (tertiary/aromatic N) is 2. The van der Waals surface area contributed by atoms with Crippen molar-refractivity contribution < 1.29 is 32.2 Å². The third-order valence-electron chi connectivity index (χ3n) is 6.09. The molecule has 8 nitrogen and oxygen atoms in total. The first-order chi connectivity index (χ1) is 17.1. The molecular weight excluding hydrogens is 501 g/mol. The van der Waals surface area contributed by atoms with Gasteiger partial charge in [0.05, 0.1) is 33.6 Å². The number of anilines is 2. The van der Waals surface area contributed by atoms with Crippen LogP contribution < -0.4 is 24.8 Å². The van der Waals surface area contributed by atoms with Crippen molar-refractivity contribution in [1.82, 2.24) is 9.78 Å². The van der Waals surface area contributed by atoms with Crippen LogP contribution in [-0.4, -0.2) is 43.2 Å². The summed E-state index contributed by atoms with van der Waals surface area (Å²) in [5.41, 5.74) is 1.49. The van der Waals surface area contributed by atoms with Gasteiger partial charge >= 0.3 is 6.18 Å². The largest absolute Gasteiger partial charge is 0.493 e. The maximum Gasteiger partial charge on any atom is 0.410 e. The summed E-state index contributed by atoms with van der Waals surface area (Å²) in [5, 5.41) is 10.1. The van der Waals surface area contributed by atoms with Gasteiger partial charge in [-0.15, -0.1) is 0 Å². The van der Waals surface area contributed by atoms with E-state index in [2.05, 4.69) is 15.7 Å². The molecule has 0 spiro atoms. The van der Waals surface area contributed by atoms with Crippen molar-refractivity contribution >= 4 is 29.0 Å². The zero-order valence-electron chi connectivity index (χ0n) is 19.9. The van der Waals surface area contributed by atoms with Crippen molar-refractivity contribution in [2.45, 2.75) is 31.6 Å². The van der Waals surface area contributed by atoms with Crippen LogP contribution in [0.2, 0.25) is 5.02 Å². The highest BCUT2D eigenvalue weighted by molar-refractivity contribution is 6.31. The summed E-state index contributed by atoms with van der Waals surface area (Å²) in [6.45, 7) is 1.73. The van der Waals surface area contributed by atoms with Gasteiger partial charge in [0, 0.05) is 17.1 Å². The number of nitrogens with one attached hydrogen (secondary N) is 2. The van der Waals surface area contributed by atoms with Crippen LogP contribution in [0, 0.1) is 6.92 Å². The second-order valence-corrected chi connectivity index (χ2v) is 8.57. The van der Waals surface area contributed by atoms with Crippen LogP contribution in [0.15, 0.2) is 36.5 Å². The number of methoxy groups -OCH3 is 3. The van der Waals surface area contributed by atoms with Crippen molar-refractivity contribution in [2.75, 3.05) is 32.0 Å². The van der Waals surface area contributed by atoms with Gasteiger partial charge in [0.25, 0.3) is 5.91 Å². The van der Waals surface area contributed by atoms with Crippen LogP contribution in [0.25, 0.3) is 0 Å². The third kappa shape index (κ3) is 4.62. The quantitative estimate of drug-likeness (QED) is 0.425. The third-order valence-corrected chi connectivity index (χ3v) is 6.50. The standard InChI is InChI=1S/C24H24ClF3N4O4/c1-12-15(25)6-5-7-16(12)31-23(33)14-11-29-32-20(24(26,27)28)10-17(30-22(14)32)13-8-18(34-2)21(36-4)19(9-13)35-3/h5-9,11,17,20,30H,10H2,1-4H3,(H,31,33)/t17-,20+/m1/s1. The highest BCUT2D eigenvalue weighted by Gasteiger charge is 2.47. The fourth-order valence-electron chi connectivity index (χ4n) is 4.18. The number of alkyl halides is 3. The molecule has 2 heterocycles.